The maximum atomic E-state index is 11.8. The van der Waals surface area contributed by atoms with E-state index in [-0.39, 0.29) is 0 Å². The van der Waals surface area contributed by atoms with E-state index in [4.69, 9.17) is 0 Å². The SMILES string of the molecule is CCCCCCCCC1=C(c2ccc(CCCCC)cc2)[N+](=[N-])C(c2ccc(CCCC)cc2)=C1CCCC. The fourth-order valence-corrected chi connectivity index (χ4v) is 5.84. The molecule has 0 saturated heterocycles. The zero-order valence-corrected chi connectivity index (χ0v) is 25.5. The second-order valence-corrected chi connectivity index (χ2v) is 11.5. The Morgan fingerprint density at radius 1 is 0.436 bits per heavy atom. The van der Waals surface area contributed by atoms with Gasteiger partial charge in [0.2, 0.25) is 11.4 Å². The molecule has 0 fully saturated rings. The van der Waals surface area contributed by atoms with Crippen molar-refractivity contribution in [2.45, 2.75) is 137 Å². The van der Waals surface area contributed by atoms with E-state index in [1.807, 2.05) is 0 Å². The monoisotopic (exact) mass is 526 g/mol. The molecule has 2 aromatic rings. The smallest absolute Gasteiger partial charge is 0.211 e. The molecule has 1 aliphatic rings. The number of unbranched alkanes of at least 4 members (excludes halogenated alkanes) is 9. The summed E-state index contributed by atoms with van der Waals surface area (Å²) in [6, 6.07) is 18.0. The summed E-state index contributed by atoms with van der Waals surface area (Å²) in [5, 5.41) is 0. The van der Waals surface area contributed by atoms with Crippen LogP contribution in [-0.2, 0) is 12.8 Å². The van der Waals surface area contributed by atoms with Crippen molar-refractivity contribution in [3.05, 3.63) is 87.5 Å². The zero-order valence-electron chi connectivity index (χ0n) is 25.5. The molecule has 39 heavy (non-hydrogen) atoms. The predicted molar refractivity (Wildman–Crippen MR) is 170 cm³/mol. The highest BCUT2D eigenvalue weighted by atomic mass is 15.2. The molecule has 1 aliphatic heterocycles. The van der Waals surface area contributed by atoms with Gasteiger partial charge in [0.25, 0.3) is 0 Å². The molecule has 2 aromatic carbocycles. The summed E-state index contributed by atoms with van der Waals surface area (Å²) in [5.74, 6) is 0. The highest BCUT2D eigenvalue weighted by Crippen LogP contribution is 2.44. The summed E-state index contributed by atoms with van der Waals surface area (Å²) in [5.41, 5.74) is 21.6. The van der Waals surface area contributed by atoms with Crippen molar-refractivity contribution in [1.82, 2.24) is 0 Å². The lowest BCUT2D eigenvalue weighted by molar-refractivity contribution is -0.345. The van der Waals surface area contributed by atoms with Gasteiger partial charge in [0.15, 0.2) is 0 Å². The summed E-state index contributed by atoms with van der Waals surface area (Å²) in [4.78, 5) is 0. The van der Waals surface area contributed by atoms with E-state index in [1.54, 1.807) is 4.70 Å². The summed E-state index contributed by atoms with van der Waals surface area (Å²) >= 11 is 0. The number of benzene rings is 2. The van der Waals surface area contributed by atoms with Gasteiger partial charge in [0.05, 0.1) is 0 Å². The lowest BCUT2D eigenvalue weighted by Crippen LogP contribution is -2.03. The number of rotatable bonds is 19. The Balaban J connectivity index is 1.95. The minimum atomic E-state index is 1.01. The van der Waals surface area contributed by atoms with Crippen LogP contribution in [0.1, 0.15) is 146 Å². The molecule has 0 atom stereocenters. The molecule has 0 aliphatic carbocycles. The van der Waals surface area contributed by atoms with Gasteiger partial charge >= 0.3 is 0 Å². The molecule has 0 spiro atoms. The molecule has 0 saturated carbocycles. The van der Waals surface area contributed by atoms with Gasteiger partial charge in [0, 0.05) is 22.3 Å². The van der Waals surface area contributed by atoms with Crippen LogP contribution in [0.25, 0.3) is 16.9 Å². The van der Waals surface area contributed by atoms with Gasteiger partial charge in [-0.1, -0.05) is 110 Å². The quantitative estimate of drug-likeness (QED) is 0.128. The Bertz CT molecular complexity index is 1070. The van der Waals surface area contributed by atoms with E-state index in [9.17, 15) is 5.53 Å². The van der Waals surface area contributed by atoms with E-state index in [1.165, 1.54) is 92.9 Å². The minimum absolute atomic E-state index is 1.01. The number of aryl methyl sites for hydroxylation is 2. The van der Waals surface area contributed by atoms with Crippen molar-refractivity contribution in [2.75, 3.05) is 0 Å². The Labute approximate surface area is 240 Å². The van der Waals surface area contributed by atoms with Crippen LogP contribution in [0.5, 0.6) is 0 Å². The van der Waals surface area contributed by atoms with E-state index in [0.717, 1.165) is 61.0 Å². The van der Waals surface area contributed by atoms with Crippen molar-refractivity contribution in [3.8, 4) is 0 Å². The van der Waals surface area contributed by atoms with Crippen LogP contribution in [0.15, 0.2) is 59.7 Å². The first-order valence-corrected chi connectivity index (χ1v) is 16.3. The van der Waals surface area contributed by atoms with Gasteiger partial charge < -0.3 is 5.53 Å². The van der Waals surface area contributed by atoms with Gasteiger partial charge in [-0.3, -0.25) is 0 Å². The molecule has 0 aromatic heterocycles. The maximum absolute atomic E-state index is 11.8. The van der Waals surface area contributed by atoms with Crippen molar-refractivity contribution in [1.29, 1.82) is 0 Å². The Morgan fingerprint density at radius 2 is 0.795 bits per heavy atom. The van der Waals surface area contributed by atoms with Crippen LogP contribution in [0.2, 0.25) is 0 Å². The van der Waals surface area contributed by atoms with Crippen LogP contribution in [0.4, 0.5) is 0 Å². The first kappa shape index (κ1) is 31.1. The molecule has 1 heterocycles. The van der Waals surface area contributed by atoms with Gasteiger partial charge in [-0.05, 0) is 86.8 Å². The first-order chi connectivity index (χ1) is 19.1. The Kier molecular flexibility index (Phi) is 13.7. The van der Waals surface area contributed by atoms with E-state index >= 15 is 0 Å². The number of hydrogen-bond donors (Lipinski definition) is 0. The molecule has 0 amide bonds. The maximum Gasteiger partial charge on any atom is 0.211 e. The van der Waals surface area contributed by atoms with Crippen molar-refractivity contribution >= 4 is 11.4 Å². The largest absolute Gasteiger partial charge is 0.493 e. The second-order valence-electron chi connectivity index (χ2n) is 11.5. The fourth-order valence-electron chi connectivity index (χ4n) is 5.84. The zero-order chi connectivity index (χ0) is 27.9. The van der Waals surface area contributed by atoms with Crippen LogP contribution in [-0.4, -0.2) is 4.70 Å². The van der Waals surface area contributed by atoms with Gasteiger partial charge in [-0.15, -0.1) is 0 Å². The lowest BCUT2D eigenvalue weighted by atomic mass is 9.91. The van der Waals surface area contributed by atoms with Crippen molar-refractivity contribution < 1.29 is 4.70 Å². The van der Waals surface area contributed by atoms with Crippen LogP contribution in [0.3, 0.4) is 0 Å². The average Bonchev–Trinajstić information content (AvgIpc) is 3.24. The predicted octanol–water partition coefficient (Wildman–Crippen LogP) is 11.9. The average molecular weight is 527 g/mol. The summed E-state index contributed by atoms with van der Waals surface area (Å²) in [7, 11) is 0. The molecular formula is C37H54N2. The molecule has 2 heteroatoms. The van der Waals surface area contributed by atoms with E-state index in [2.05, 4.69) is 76.2 Å². The summed E-state index contributed by atoms with van der Waals surface area (Å²) in [6.45, 7) is 9.06. The molecule has 212 valence electrons. The van der Waals surface area contributed by atoms with Gasteiger partial charge in [-0.2, -0.15) is 0 Å². The van der Waals surface area contributed by atoms with Crippen LogP contribution < -0.4 is 0 Å². The molecule has 3 rings (SSSR count). The lowest BCUT2D eigenvalue weighted by Gasteiger charge is -2.11. The van der Waals surface area contributed by atoms with Gasteiger partial charge in [0.1, 0.15) is 0 Å². The molecular weight excluding hydrogens is 472 g/mol. The molecule has 2 nitrogen and oxygen atoms in total. The van der Waals surface area contributed by atoms with Crippen molar-refractivity contribution in [2.24, 2.45) is 0 Å². The Morgan fingerprint density at radius 3 is 1.31 bits per heavy atom. The third-order valence-electron chi connectivity index (χ3n) is 8.26. The highest BCUT2D eigenvalue weighted by molar-refractivity contribution is 5.82. The Hall–Kier alpha value is -2.48. The number of allylic oxidation sites excluding steroid dienone is 2. The van der Waals surface area contributed by atoms with Crippen molar-refractivity contribution in [3.63, 3.8) is 0 Å². The highest BCUT2D eigenvalue weighted by Gasteiger charge is 2.35. The topological polar surface area (TPSA) is 25.3 Å². The molecule has 0 radical (unpaired) electrons. The summed E-state index contributed by atoms with van der Waals surface area (Å²) < 4.78 is 1.55. The fraction of sp³-hybridized carbons (Fsp3) is 0.568. The normalized spacial score (nSPS) is 13.7. The molecule has 0 N–H and O–H groups in total. The number of nitrogens with zero attached hydrogens (tertiary/aromatic N) is 2. The standard InChI is InChI=1S/C37H54N2/c1-5-9-13-14-15-17-21-35-34(20-12-8-4)36(32-26-22-30(23-27-32)18-11-7-3)39(38)37(35)33-28-24-31(25-29-33)19-16-10-6-2/h22-29H,5-21H2,1-4H3. The van der Waals surface area contributed by atoms with Crippen LogP contribution >= 0.6 is 0 Å². The summed E-state index contributed by atoms with van der Waals surface area (Å²) in [6.07, 6.45) is 20.5. The minimum Gasteiger partial charge on any atom is -0.493 e. The van der Waals surface area contributed by atoms with E-state index in [0.29, 0.717) is 0 Å². The number of hydrogen-bond acceptors (Lipinski definition) is 0. The third-order valence-corrected chi connectivity index (χ3v) is 8.26. The second kappa shape index (κ2) is 17.3. The van der Waals surface area contributed by atoms with Crippen LogP contribution in [0, 0.1) is 0 Å². The first-order valence-electron chi connectivity index (χ1n) is 16.3. The molecule has 0 unspecified atom stereocenters. The third kappa shape index (κ3) is 9.02. The molecule has 0 bridgehead atoms. The van der Waals surface area contributed by atoms with E-state index < -0.39 is 0 Å². The van der Waals surface area contributed by atoms with Gasteiger partial charge in [-0.25, -0.2) is 4.70 Å².